The molecule has 0 bridgehead atoms. The van der Waals surface area contributed by atoms with Crippen LogP contribution in [0, 0.1) is 0 Å². The highest BCUT2D eigenvalue weighted by Gasteiger charge is 2.10. The lowest BCUT2D eigenvalue weighted by atomic mass is 10.1. The molecule has 1 heterocycles. The summed E-state index contributed by atoms with van der Waals surface area (Å²) in [5.41, 5.74) is 6.33. The SMILES string of the molecule is COc1cccc(-c2cc(C(=O)N/N=C\C(C)=C/c3ccccc3)[nH]n2)c1. The Hall–Kier alpha value is -3.67. The second-order valence-electron chi connectivity index (χ2n) is 5.90. The van der Waals surface area contributed by atoms with Crippen LogP contribution in [0.2, 0.25) is 0 Å². The maximum atomic E-state index is 12.2. The molecular formula is C21H20N4O2. The van der Waals surface area contributed by atoms with Crippen LogP contribution in [0.1, 0.15) is 23.0 Å². The zero-order chi connectivity index (χ0) is 19.1. The molecule has 6 heteroatoms. The van der Waals surface area contributed by atoms with Crippen molar-refractivity contribution in [2.24, 2.45) is 5.10 Å². The molecular weight excluding hydrogens is 340 g/mol. The standard InChI is InChI=1S/C21H20N4O2/c1-15(11-16-7-4-3-5-8-16)14-22-25-21(26)20-13-19(23-24-20)17-9-6-10-18(12-17)27-2/h3-14H,1-2H3,(H,23,24)(H,25,26)/b15-11-,22-14-. The lowest BCUT2D eigenvalue weighted by Gasteiger charge is -2.00. The number of nitrogens with one attached hydrogen (secondary N) is 2. The van der Waals surface area contributed by atoms with Crippen LogP contribution >= 0.6 is 0 Å². The van der Waals surface area contributed by atoms with Gasteiger partial charge in [0, 0.05) is 5.56 Å². The maximum absolute atomic E-state index is 12.2. The van der Waals surface area contributed by atoms with Gasteiger partial charge >= 0.3 is 0 Å². The van der Waals surface area contributed by atoms with E-state index in [0.717, 1.165) is 22.4 Å². The second-order valence-corrected chi connectivity index (χ2v) is 5.90. The van der Waals surface area contributed by atoms with E-state index in [-0.39, 0.29) is 5.91 Å². The number of nitrogens with zero attached hydrogens (tertiary/aromatic N) is 2. The summed E-state index contributed by atoms with van der Waals surface area (Å²) in [5, 5.41) is 10.9. The summed E-state index contributed by atoms with van der Waals surface area (Å²) in [6, 6.07) is 19.0. The summed E-state index contributed by atoms with van der Waals surface area (Å²) in [7, 11) is 1.61. The molecule has 0 unspecified atom stereocenters. The number of allylic oxidation sites excluding steroid dienone is 1. The fraction of sp³-hybridized carbons (Fsp3) is 0.0952. The molecule has 0 saturated heterocycles. The van der Waals surface area contributed by atoms with Gasteiger partial charge in [0.05, 0.1) is 19.0 Å². The number of hydrazone groups is 1. The number of rotatable bonds is 6. The Morgan fingerprint density at radius 3 is 2.74 bits per heavy atom. The highest BCUT2D eigenvalue weighted by molar-refractivity contribution is 5.94. The summed E-state index contributed by atoms with van der Waals surface area (Å²) in [5.74, 6) is 0.368. The molecule has 136 valence electrons. The van der Waals surface area contributed by atoms with Crippen LogP contribution in [0.5, 0.6) is 5.75 Å². The number of benzene rings is 2. The first-order chi connectivity index (χ1) is 13.2. The number of hydrogen-bond donors (Lipinski definition) is 2. The minimum absolute atomic E-state index is 0.328. The van der Waals surface area contributed by atoms with E-state index in [1.807, 2.05) is 67.6 Å². The number of methoxy groups -OCH3 is 1. The summed E-state index contributed by atoms with van der Waals surface area (Å²) in [6.45, 7) is 1.92. The third-order valence-corrected chi connectivity index (χ3v) is 3.82. The Bertz CT molecular complexity index is 975. The van der Waals surface area contributed by atoms with Crippen LogP contribution in [0.15, 0.2) is 71.3 Å². The van der Waals surface area contributed by atoms with Crippen LogP contribution in [0.3, 0.4) is 0 Å². The van der Waals surface area contributed by atoms with Crippen molar-refractivity contribution in [3.8, 4) is 17.0 Å². The first-order valence-corrected chi connectivity index (χ1v) is 8.42. The number of amides is 1. The first-order valence-electron chi connectivity index (χ1n) is 8.42. The van der Waals surface area contributed by atoms with Crippen molar-refractivity contribution in [1.29, 1.82) is 0 Å². The summed E-state index contributed by atoms with van der Waals surface area (Å²) in [4.78, 5) is 12.2. The topological polar surface area (TPSA) is 79.4 Å². The van der Waals surface area contributed by atoms with E-state index in [0.29, 0.717) is 11.4 Å². The Kier molecular flexibility index (Phi) is 5.79. The Morgan fingerprint density at radius 2 is 1.96 bits per heavy atom. The van der Waals surface area contributed by atoms with Crippen LogP contribution in [0.4, 0.5) is 0 Å². The minimum atomic E-state index is -0.361. The van der Waals surface area contributed by atoms with Crippen molar-refractivity contribution in [3.05, 3.63) is 77.5 Å². The van der Waals surface area contributed by atoms with E-state index in [2.05, 4.69) is 20.7 Å². The quantitative estimate of drug-likeness (QED) is 0.517. The number of carbonyl (C=O) groups excluding carboxylic acids is 1. The Labute approximate surface area is 157 Å². The summed E-state index contributed by atoms with van der Waals surface area (Å²) < 4.78 is 5.21. The van der Waals surface area contributed by atoms with Gasteiger partial charge in [0.25, 0.3) is 5.91 Å². The molecule has 1 amide bonds. The van der Waals surface area contributed by atoms with E-state index in [4.69, 9.17) is 4.74 Å². The third kappa shape index (κ3) is 4.92. The molecule has 27 heavy (non-hydrogen) atoms. The van der Waals surface area contributed by atoms with Crippen LogP contribution in [-0.2, 0) is 0 Å². The minimum Gasteiger partial charge on any atom is -0.497 e. The van der Waals surface area contributed by atoms with E-state index in [9.17, 15) is 4.79 Å². The molecule has 3 rings (SSSR count). The highest BCUT2D eigenvalue weighted by atomic mass is 16.5. The number of aromatic nitrogens is 2. The molecule has 6 nitrogen and oxygen atoms in total. The Morgan fingerprint density at radius 1 is 1.15 bits per heavy atom. The van der Waals surface area contributed by atoms with E-state index < -0.39 is 0 Å². The van der Waals surface area contributed by atoms with Crippen molar-refractivity contribution >= 4 is 18.2 Å². The molecule has 2 aromatic carbocycles. The molecule has 2 N–H and O–H groups in total. The molecule has 0 saturated carbocycles. The van der Waals surface area contributed by atoms with Gasteiger partial charge in [0.1, 0.15) is 11.4 Å². The second kappa shape index (κ2) is 8.62. The molecule has 0 aliphatic heterocycles. The first kappa shape index (κ1) is 18.1. The zero-order valence-corrected chi connectivity index (χ0v) is 15.1. The van der Waals surface area contributed by atoms with E-state index in [1.54, 1.807) is 19.4 Å². The van der Waals surface area contributed by atoms with Gasteiger partial charge in [0.2, 0.25) is 0 Å². The van der Waals surface area contributed by atoms with Crippen molar-refractivity contribution in [2.45, 2.75) is 6.92 Å². The highest BCUT2D eigenvalue weighted by Crippen LogP contribution is 2.22. The van der Waals surface area contributed by atoms with Gasteiger partial charge in [0.15, 0.2) is 0 Å². The van der Waals surface area contributed by atoms with Gasteiger partial charge in [-0.1, -0.05) is 48.5 Å². The number of aromatic amines is 1. The number of H-pyrrole nitrogens is 1. The lowest BCUT2D eigenvalue weighted by Crippen LogP contribution is -2.17. The van der Waals surface area contributed by atoms with E-state index in [1.165, 1.54) is 0 Å². The van der Waals surface area contributed by atoms with Gasteiger partial charge in [-0.15, -0.1) is 0 Å². The number of ether oxygens (including phenoxy) is 1. The number of carbonyl (C=O) groups is 1. The predicted molar refractivity (Wildman–Crippen MR) is 107 cm³/mol. The molecule has 1 aromatic heterocycles. The average molecular weight is 360 g/mol. The fourth-order valence-electron chi connectivity index (χ4n) is 2.47. The molecule has 0 aliphatic rings. The number of hydrogen-bond acceptors (Lipinski definition) is 4. The van der Waals surface area contributed by atoms with Crippen molar-refractivity contribution < 1.29 is 9.53 Å². The van der Waals surface area contributed by atoms with Crippen LogP contribution in [0.25, 0.3) is 17.3 Å². The lowest BCUT2D eigenvalue weighted by molar-refractivity contribution is 0.0950. The monoisotopic (exact) mass is 360 g/mol. The van der Waals surface area contributed by atoms with Gasteiger partial charge in [-0.3, -0.25) is 9.89 Å². The zero-order valence-electron chi connectivity index (χ0n) is 15.1. The van der Waals surface area contributed by atoms with Crippen LogP contribution in [-0.4, -0.2) is 29.4 Å². The maximum Gasteiger partial charge on any atom is 0.289 e. The van der Waals surface area contributed by atoms with Gasteiger partial charge in [-0.05, 0) is 36.3 Å². The van der Waals surface area contributed by atoms with Gasteiger partial charge in [-0.2, -0.15) is 10.2 Å². The molecule has 0 atom stereocenters. The normalized spacial score (nSPS) is 11.6. The van der Waals surface area contributed by atoms with Gasteiger partial charge in [-0.25, -0.2) is 5.43 Å². The molecule has 0 spiro atoms. The van der Waals surface area contributed by atoms with E-state index >= 15 is 0 Å². The predicted octanol–water partition coefficient (Wildman–Crippen LogP) is 3.90. The van der Waals surface area contributed by atoms with Crippen molar-refractivity contribution in [1.82, 2.24) is 15.6 Å². The molecule has 0 fully saturated rings. The summed E-state index contributed by atoms with van der Waals surface area (Å²) in [6.07, 6.45) is 3.58. The fourth-order valence-corrected chi connectivity index (χ4v) is 2.47. The largest absolute Gasteiger partial charge is 0.497 e. The van der Waals surface area contributed by atoms with Crippen molar-refractivity contribution in [3.63, 3.8) is 0 Å². The van der Waals surface area contributed by atoms with Gasteiger partial charge < -0.3 is 4.74 Å². The molecule has 3 aromatic rings. The molecule has 0 radical (unpaired) electrons. The third-order valence-electron chi connectivity index (χ3n) is 3.82. The Balaban J connectivity index is 1.63. The average Bonchev–Trinajstić information content (AvgIpc) is 3.19. The molecule has 0 aliphatic carbocycles. The van der Waals surface area contributed by atoms with Crippen LogP contribution < -0.4 is 10.2 Å². The van der Waals surface area contributed by atoms with Crippen molar-refractivity contribution in [2.75, 3.05) is 7.11 Å². The smallest absolute Gasteiger partial charge is 0.289 e. The summed E-state index contributed by atoms with van der Waals surface area (Å²) >= 11 is 0.